The van der Waals surface area contributed by atoms with Crippen LogP contribution in [0.25, 0.3) is 0 Å². The van der Waals surface area contributed by atoms with Gasteiger partial charge in [-0.15, -0.1) is 0 Å². The number of rotatable bonds is 5. The Morgan fingerprint density at radius 3 is 2.46 bits per heavy atom. The Labute approximate surface area is 143 Å². The summed E-state index contributed by atoms with van der Waals surface area (Å²) in [5.41, 5.74) is 0.757. The molecule has 130 valence electrons. The second-order valence-electron chi connectivity index (χ2n) is 7.05. The highest BCUT2D eigenvalue weighted by Gasteiger charge is 2.29. The monoisotopic (exact) mass is 329 g/mol. The van der Waals surface area contributed by atoms with Gasteiger partial charge in [0.2, 0.25) is 5.91 Å². The molecule has 0 aromatic heterocycles. The molecule has 1 atom stereocenters. The smallest absolute Gasteiger partial charge is 0.253 e. The number of benzene rings is 1. The van der Waals surface area contributed by atoms with Crippen LogP contribution in [0.1, 0.15) is 30.1 Å². The highest BCUT2D eigenvalue weighted by atomic mass is 16.2. The molecule has 2 heterocycles. The molecule has 0 bridgehead atoms. The van der Waals surface area contributed by atoms with E-state index in [1.54, 1.807) is 0 Å². The lowest BCUT2D eigenvalue weighted by atomic mass is 9.88. The van der Waals surface area contributed by atoms with Crippen LogP contribution in [0.2, 0.25) is 0 Å². The Bertz CT molecular complexity index is 563. The first-order chi connectivity index (χ1) is 11.6. The van der Waals surface area contributed by atoms with E-state index in [4.69, 9.17) is 0 Å². The van der Waals surface area contributed by atoms with Gasteiger partial charge in [-0.3, -0.25) is 9.59 Å². The van der Waals surface area contributed by atoms with Gasteiger partial charge < -0.3 is 15.5 Å². The Morgan fingerprint density at radius 2 is 1.88 bits per heavy atom. The predicted octanol–water partition coefficient (Wildman–Crippen LogP) is 1.51. The zero-order valence-electron chi connectivity index (χ0n) is 14.3. The first kappa shape index (κ1) is 17.0. The van der Waals surface area contributed by atoms with Crippen molar-refractivity contribution >= 4 is 11.8 Å². The Balaban J connectivity index is 1.40. The van der Waals surface area contributed by atoms with Crippen LogP contribution in [0.15, 0.2) is 30.3 Å². The highest BCUT2D eigenvalue weighted by Crippen LogP contribution is 2.20. The Morgan fingerprint density at radius 1 is 1.21 bits per heavy atom. The van der Waals surface area contributed by atoms with Gasteiger partial charge in [0, 0.05) is 31.1 Å². The molecule has 0 spiro atoms. The fourth-order valence-electron chi connectivity index (χ4n) is 3.39. The topological polar surface area (TPSA) is 61.4 Å². The van der Waals surface area contributed by atoms with Gasteiger partial charge in [-0.05, 0) is 49.9 Å². The van der Waals surface area contributed by atoms with Crippen molar-refractivity contribution in [2.45, 2.75) is 19.8 Å². The lowest BCUT2D eigenvalue weighted by molar-refractivity contribution is -0.126. The first-order valence-corrected chi connectivity index (χ1v) is 8.98. The van der Waals surface area contributed by atoms with Crippen LogP contribution in [0.3, 0.4) is 0 Å². The van der Waals surface area contributed by atoms with Crippen LogP contribution in [0.4, 0.5) is 0 Å². The number of hydrogen-bond acceptors (Lipinski definition) is 3. The molecule has 2 aliphatic rings. The average Bonchev–Trinajstić information content (AvgIpc) is 2.58. The van der Waals surface area contributed by atoms with Crippen molar-refractivity contribution in [3.63, 3.8) is 0 Å². The van der Waals surface area contributed by atoms with E-state index in [0.717, 1.165) is 51.1 Å². The standard InChI is InChI=1S/C19H27N3O2/c1-14(17-12-20-13-17)18(23)21-11-15-7-9-22(10-8-15)19(24)16-5-3-2-4-6-16/h2-6,14-15,17,20H,7-13H2,1H3,(H,21,23). The van der Waals surface area contributed by atoms with Crippen molar-refractivity contribution in [1.29, 1.82) is 0 Å². The minimum atomic E-state index is 0.0889. The second kappa shape index (κ2) is 7.79. The number of nitrogens with one attached hydrogen (secondary N) is 2. The molecule has 2 amide bonds. The number of carbonyl (C=O) groups excluding carboxylic acids is 2. The van der Waals surface area contributed by atoms with Crippen LogP contribution < -0.4 is 10.6 Å². The molecule has 0 aliphatic carbocycles. The summed E-state index contributed by atoms with van der Waals surface area (Å²) >= 11 is 0. The molecular weight excluding hydrogens is 302 g/mol. The van der Waals surface area contributed by atoms with Gasteiger partial charge in [0.05, 0.1) is 0 Å². The summed E-state index contributed by atoms with van der Waals surface area (Å²) in [6, 6.07) is 9.45. The summed E-state index contributed by atoms with van der Waals surface area (Å²) in [5.74, 6) is 1.33. The van der Waals surface area contributed by atoms with Gasteiger partial charge in [0.15, 0.2) is 0 Å². The number of nitrogens with zero attached hydrogens (tertiary/aromatic N) is 1. The third-order valence-corrected chi connectivity index (χ3v) is 5.42. The van der Waals surface area contributed by atoms with Gasteiger partial charge in [-0.1, -0.05) is 25.1 Å². The van der Waals surface area contributed by atoms with E-state index in [0.29, 0.717) is 11.8 Å². The molecular formula is C19H27N3O2. The summed E-state index contributed by atoms with van der Waals surface area (Å²) in [4.78, 5) is 26.5. The fourth-order valence-corrected chi connectivity index (χ4v) is 3.39. The number of likely N-dealkylation sites (tertiary alicyclic amines) is 1. The number of carbonyl (C=O) groups is 2. The van der Waals surface area contributed by atoms with Crippen molar-refractivity contribution in [3.8, 4) is 0 Å². The largest absolute Gasteiger partial charge is 0.356 e. The van der Waals surface area contributed by atoms with Crippen molar-refractivity contribution in [2.24, 2.45) is 17.8 Å². The molecule has 1 unspecified atom stereocenters. The fraction of sp³-hybridized carbons (Fsp3) is 0.579. The summed E-state index contributed by atoms with van der Waals surface area (Å²) in [5, 5.41) is 6.32. The predicted molar refractivity (Wildman–Crippen MR) is 93.6 cm³/mol. The molecule has 5 nitrogen and oxygen atoms in total. The summed E-state index contributed by atoms with van der Waals surface area (Å²) in [7, 11) is 0. The van der Waals surface area contributed by atoms with Crippen molar-refractivity contribution in [2.75, 3.05) is 32.7 Å². The van der Waals surface area contributed by atoms with E-state index >= 15 is 0 Å². The van der Waals surface area contributed by atoms with Gasteiger partial charge in [0.1, 0.15) is 0 Å². The third kappa shape index (κ3) is 3.96. The van der Waals surface area contributed by atoms with Crippen LogP contribution in [0, 0.1) is 17.8 Å². The number of piperidine rings is 1. The SMILES string of the molecule is CC(C(=O)NCC1CCN(C(=O)c2ccccc2)CC1)C1CNC1. The van der Waals surface area contributed by atoms with E-state index in [2.05, 4.69) is 10.6 Å². The van der Waals surface area contributed by atoms with Crippen LogP contribution in [0.5, 0.6) is 0 Å². The molecule has 0 saturated carbocycles. The second-order valence-corrected chi connectivity index (χ2v) is 7.05. The zero-order chi connectivity index (χ0) is 16.9. The molecule has 2 N–H and O–H groups in total. The maximum atomic E-state index is 12.4. The Kier molecular flexibility index (Phi) is 5.51. The van der Waals surface area contributed by atoms with Crippen LogP contribution in [-0.4, -0.2) is 49.4 Å². The summed E-state index contributed by atoms with van der Waals surface area (Å²) in [6.45, 7) is 6.20. The van der Waals surface area contributed by atoms with Gasteiger partial charge >= 0.3 is 0 Å². The molecule has 3 rings (SSSR count). The molecule has 2 fully saturated rings. The van der Waals surface area contributed by atoms with Crippen molar-refractivity contribution < 1.29 is 9.59 Å². The molecule has 0 radical (unpaired) electrons. The molecule has 2 aliphatic heterocycles. The first-order valence-electron chi connectivity index (χ1n) is 8.98. The van der Waals surface area contributed by atoms with E-state index in [1.807, 2.05) is 42.2 Å². The van der Waals surface area contributed by atoms with E-state index < -0.39 is 0 Å². The molecule has 5 heteroatoms. The third-order valence-electron chi connectivity index (χ3n) is 5.42. The summed E-state index contributed by atoms with van der Waals surface area (Å²) in [6.07, 6.45) is 1.91. The lowest BCUT2D eigenvalue weighted by Gasteiger charge is -2.34. The van der Waals surface area contributed by atoms with Crippen molar-refractivity contribution in [1.82, 2.24) is 15.5 Å². The number of amides is 2. The van der Waals surface area contributed by atoms with Gasteiger partial charge in [-0.25, -0.2) is 0 Å². The van der Waals surface area contributed by atoms with Crippen LogP contribution >= 0.6 is 0 Å². The number of hydrogen-bond donors (Lipinski definition) is 2. The Hall–Kier alpha value is -1.88. The maximum absolute atomic E-state index is 12.4. The van der Waals surface area contributed by atoms with Crippen molar-refractivity contribution in [3.05, 3.63) is 35.9 Å². The zero-order valence-corrected chi connectivity index (χ0v) is 14.3. The molecule has 1 aromatic rings. The van der Waals surface area contributed by atoms with E-state index in [1.165, 1.54) is 0 Å². The molecule has 2 saturated heterocycles. The molecule has 24 heavy (non-hydrogen) atoms. The highest BCUT2D eigenvalue weighted by molar-refractivity contribution is 5.94. The van der Waals surface area contributed by atoms with Gasteiger partial charge in [0.25, 0.3) is 5.91 Å². The van der Waals surface area contributed by atoms with Gasteiger partial charge in [-0.2, -0.15) is 0 Å². The molecule has 1 aromatic carbocycles. The van der Waals surface area contributed by atoms with E-state index in [9.17, 15) is 9.59 Å². The minimum Gasteiger partial charge on any atom is -0.356 e. The normalized spacial score (nSPS) is 20.3. The lowest BCUT2D eigenvalue weighted by Crippen LogP contribution is -2.50. The van der Waals surface area contributed by atoms with E-state index in [-0.39, 0.29) is 17.7 Å². The minimum absolute atomic E-state index is 0.0889. The quantitative estimate of drug-likeness (QED) is 0.861. The van der Waals surface area contributed by atoms with Crippen LogP contribution in [-0.2, 0) is 4.79 Å². The maximum Gasteiger partial charge on any atom is 0.253 e. The summed E-state index contributed by atoms with van der Waals surface area (Å²) < 4.78 is 0. The average molecular weight is 329 g/mol.